The Balaban J connectivity index is 2.32. The van der Waals surface area contributed by atoms with Crippen molar-refractivity contribution >= 4 is 16.5 Å². The maximum absolute atomic E-state index is 13.2. The maximum atomic E-state index is 13.2. The van der Waals surface area contributed by atoms with Crippen LogP contribution in [-0.4, -0.2) is 5.11 Å². The summed E-state index contributed by atoms with van der Waals surface area (Å²) < 4.78 is 44.9. The summed E-state index contributed by atoms with van der Waals surface area (Å²) in [5.74, 6) is 0.871. The van der Waals surface area contributed by atoms with Crippen LogP contribution in [0.2, 0.25) is 0 Å². The highest BCUT2D eigenvalue weighted by Gasteiger charge is 2.33. The van der Waals surface area contributed by atoms with Crippen molar-refractivity contribution in [2.45, 2.75) is 20.3 Å². The van der Waals surface area contributed by atoms with E-state index in [1.807, 2.05) is 6.92 Å². The molecule has 0 aliphatic rings. The molecule has 2 aromatic rings. The second-order valence-electron chi connectivity index (χ2n) is 4.97. The molecule has 138 valence electrons. The van der Waals surface area contributed by atoms with E-state index in [9.17, 15) is 14.2 Å². The molecule has 0 amide bonds. The lowest BCUT2D eigenvalue weighted by Gasteiger charge is -2.20. The number of rotatable bonds is 9. The van der Waals surface area contributed by atoms with E-state index in [0.717, 1.165) is 0 Å². The molecule has 2 aromatic carbocycles. The molecule has 26 heavy (non-hydrogen) atoms. The Labute approximate surface area is 153 Å². The Morgan fingerprint density at radius 2 is 1.73 bits per heavy atom. The van der Waals surface area contributed by atoms with Crippen LogP contribution >= 0.6 is 16.5 Å². The number of hydrogen-bond donors (Lipinski definition) is 1. The highest BCUT2D eigenvalue weighted by atomic mass is 31.2. The van der Waals surface area contributed by atoms with Crippen molar-refractivity contribution in [3.05, 3.63) is 60.4 Å². The third-order valence-corrected chi connectivity index (χ3v) is 4.71. The summed E-state index contributed by atoms with van der Waals surface area (Å²) in [4.78, 5) is 0. The first-order valence-corrected chi connectivity index (χ1v) is 9.90. The van der Waals surface area contributed by atoms with Gasteiger partial charge in [-0.1, -0.05) is 19.1 Å². The normalized spacial score (nSPS) is 13.7. The van der Waals surface area contributed by atoms with Crippen molar-refractivity contribution in [3.63, 3.8) is 0 Å². The van der Waals surface area contributed by atoms with Crippen LogP contribution in [0.3, 0.4) is 0 Å². The average molecular weight is 396 g/mol. The molecule has 0 saturated carbocycles. The first-order chi connectivity index (χ1) is 12.5. The van der Waals surface area contributed by atoms with E-state index in [0.29, 0.717) is 12.2 Å². The fraction of sp³-hybridized carbons (Fsp3) is 0.176. The molecule has 7 nitrogen and oxygen atoms in total. The Morgan fingerprint density at radius 3 is 2.31 bits per heavy atom. The van der Waals surface area contributed by atoms with Crippen molar-refractivity contribution < 1.29 is 32.3 Å². The van der Waals surface area contributed by atoms with Crippen LogP contribution in [0.5, 0.6) is 23.0 Å². The molecular weight excluding hydrogens is 378 g/mol. The molecule has 0 spiro atoms. The number of aromatic hydroxyl groups is 1. The second kappa shape index (κ2) is 9.27. The van der Waals surface area contributed by atoms with E-state index >= 15 is 0 Å². The van der Waals surface area contributed by atoms with Gasteiger partial charge in [0, 0.05) is 18.6 Å². The third kappa shape index (κ3) is 5.80. The molecule has 0 aliphatic carbocycles. The molecule has 1 N–H and O–H groups in total. The van der Waals surface area contributed by atoms with Gasteiger partial charge in [0.2, 0.25) is 0 Å². The summed E-state index contributed by atoms with van der Waals surface area (Å²) in [6.07, 6.45) is 2.13. The van der Waals surface area contributed by atoms with Crippen molar-refractivity contribution in [1.29, 1.82) is 0 Å². The Hall–Kier alpha value is -2.49. The minimum atomic E-state index is -4.13. The van der Waals surface area contributed by atoms with Crippen molar-refractivity contribution in [3.8, 4) is 23.0 Å². The molecular formula is C17H18O7P2. The van der Waals surface area contributed by atoms with Crippen LogP contribution in [-0.2, 0) is 13.7 Å². The molecule has 0 aromatic heterocycles. The van der Waals surface area contributed by atoms with E-state index in [2.05, 4.69) is 0 Å². The van der Waals surface area contributed by atoms with Gasteiger partial charge in [-0.05, 0) is 37.3 Å². The van der Waals surface area contributed by atoms with Gasteiger partial charge < -0.3 is 23.2 Å². The SMILES string of the molecule is CC=C(CC)OP(=O)(Oc1cccc(O)c1)Oc1cccc(OP=O)c1. The number of allylic oxidation sites excluding steroid dienone is 2. The highest BCUT2D eigenvalue weighted by molar-refractivity contribution is 7.49. The molecule has 9 heteroatoms. The molecule has 0 bridgehead atoms. The van der Waals surface area contributed by atoms with Crippen LogP contribution in [0.1, 0.15) is 20.3 Å². The van der Waals surface area contributed by atoms with Crippen molar-refractivity contribution in [2.75, 3.05) is 0 Å². The fourth-order valence-electron chi connectivity index (χ4n) is 1.95. The molecule has 0 radical (unpaired) electrons. The van der Waals surface area contributed by atoms with Gasteiger partial charge >= 0.3 is 16.5 Å². The minimum Gasteiger partial charge on any atom is -0.508 e. The maximum Gasteiger partial charge on any atom is 0.646 e. The summed E-state index contributed by atoms with van der Waals surface area (Å²) in [7, 11) is -4.65. The highest BCUT2D eigenvalue weighted by Crippen LogP contribution is 2.52. The molecule has 1 atom stereocenters. The molecule has 1 unspecified atom stereocenters. The third-order valence-electron chi connectivity index (χ3n) is 3.10. The standard InChI is InChI=1S/C17H18O7P2/c1-3-14(4-2)22-26(20,23-16-9-5-7-13(18)11-16)24-17-10-6-8-15(12-17)21-25-19/h3,5-12,18H,4H2,1-2H3. The number of benzene rings is 2. The van der Waals surface area contributed by atoms with Crippen molar-refractivity contribution in [2.24, 2.45) is 0 Å². The topological polar surface area (TPSA) is 91.3 Å². The van der Waals surface area contributed by atoms with Gasteiger partial charge in [0.1, 0.15) is 28.8 Å². The lowest BCUT2D eigenvalue weighted by molar-refractivity contribution is 0.251. The first-order valence-electron chi connectivity index (χ1n) is 7.70. The lowest BCUT2D eigenvalue weighted by atomic mass is 10.3. The van der Waals surface area contributed by atoms with Gasteiger partial charge in [-0.15, -0.1) is 0 Å². The molecule has 0 aliphatic heterocycles. The fourth-order valence-corrected chi connectivity index (χ4v) is 3.53. The second-order valence-corrected chi connectivity index (χ2v) is 6.74. The Bertz CT molecular complexity index is 835. The van der Waals surface area contributed by atoms with Crippen LogP contribution in [0, 0.1) is 0 Å². The number of phosphoric ester groups is 1. The predicted molar refractivity (Wildman–Crippen MR) is 96.8 cm³/mol. The smallest absolute Gasteiger partial charge is 0.508 e. The van der Waals surface area contributed by atoms with Crippen molar-refractivity contribution in [1.82, 2.24) is 0 Å². The zero-order chi connectivity index (χ0) is 19.0. The van der Waals surface area contributed by atoms with Gasteiger partial charge in [-0.25, -0.2) is 4.57 Å². The number of phenolic OH excluding ortho intramolecular Hbond substituents is 1. The summed E-state index contributed by atoms with van der Waals surface area (Å²) in [6.45, 7) is 3.56. The van der Waals surface area contributed by atoms with E-state index in [1.54, 1.807) is 25.1 Å². The average Bonchev–Trinajstić information content (AvgIpc) is 2.60. The molecule has 0 fully saturated rings. The van der Waals surface area contributed by atoms with E-state index in [1.165, 1.54) is 36.4 Å². The summed E-state index contributed by atoms with van der Waals surface area (Å²) >= 11 is 0. The summed E-state index contributed by atoms with van der Waals surface area (Å²) in [5.41, 5.74) is 0. The van der Waals surface area contributed by atoms with Gasteiger partial charge in [-0.3, -0.25) is 0 Å². The molecule has 0 saturated heterocycles. The number of phenols is 1. The van der Waals surface area contributed by atoms with Gasteiger partial charge in [0.05, 0.1) is 0 Å². The van der Waals surface area contributed by atoms with E-state index < -0.39 is 16.5 Å². The van der Waals surface area contributed by atoms with E-state index in [4.69, 9.17) is 18.1 Å². The number of hydrogen-bond acceptors (Lipinski definition) is 7. The lowest BCUT2D eigenvalue weighted by Crippen LogP contribution is -2.05. The Morgan fingerprint density at radius 1 is 1.12 bits per heavy atom. The van der Waals surface area contributed by atoms with Crippen LogP contribution in [0.4, 0.5) is 0 Å². The first kappa shape index (κ1) is 19.8. The van der Waals surface area contributed by atoms with Crippen LogP contribution in [0.25, 0.3) is 0 Å². The van der Waals surface area contributed by atoms with Gasteiger partial charge in [0.25, 0.3) is 0 Å². The molecule has 2 rings (SSSR count). The van der Waals surface area contributed by atoms with Gasteiger partial charge in [-0.2, -0.15) is 4.57 Å². The van der Waals surface area contributed by atoms with E-state index in [-0.39, 0.29) is 23.0 Å². The van der Waals surface area contributed by atoms with Crippen LogP contribution in [0.15, 0.2) is 60.4 Å². The zero-order valence-electron chi connectivity index (χ0n) is 14.2. The summed E-state index contributed by atoms with van der Waals surface area (Å²) in [5, 5.41) is 9.56. The molecule has 0 heterocycles. The Kier molecular flexibility index (Phi) is 7.07. The zero-order valence-corrected chi connectivity index (χ0v) is 16.0. The number of phosphoric acid groups is 1. The summed E-state index contributed by atoms with van der Waals surface area (Å²) in [6, 6.07) is 11.8. The largest absolute Gasteiger partial charge is 0.646 e. The monoisotopic (exact) mass is 396 g/mol. The predicted octanol–water partition coefficient (Wildman–Crippen LogP) is 5.87. The quantitative estimate of drug-likeness (QED) is 0.418. The van der Waals surface area contributed by atoms with Crippen LogP contribution < -0.4 is 13.6 Å². The minimum absolute atomic E-state index is 0.0550. The van der Waals surface area contributed by atoms with Gasteiger partial charge in [0.15, 0.2) is 0 Å².